The highest BCUT2D eigenvalue weighted by Crippen LogP contribution is 2.41. The molecule has 0 aliphatic carbocycles. The fraction of sp³-hybridized carbons (Fsp3) is 0.136. The number of fused-ring (bicyclic) bond motifs is 1. The van der Waals surface area contributed by atoms with Crippen LogP contribution in [0.15, 0.2) is 48.8 Å². The molecule has 2 heterocycles. The van der Waals surface area contributed by atoms with Crippen molar-refractivity contribution >= 4 is 50.6 Å². The van der Waals surface area contributed by atoms with Crippen LogP contribution in [0.5, 0.6) is 5.75 Å². The molecule has 0 radical (unpaired) electrons. The van der Waals surface area contributed by atoms with Crippen molar-refractivity contribution < 1.29 is 14.6 Å². The van der Waals surface area contributed by atoms with Gasteiger partial charge in [0.15, 0.2) is 0 Å². The Morgan fingerprint density at radius 1 is 1.20 bits per heavy atom. The molecule has 0 aliphatic rings. The van der Waals surface area contributed by atoms with Crippen molar-refractivity contribution in [3.8, 4) is 16.9 Å². The first kappa shape index (κ1) is 20.1. The van der Waals surface area contributed by atoms with Crippen LogP contribution in [-0.4, -0.2) is 27.7 Å². The number of benzene rings is 2. The third-order valence-electron chi connectivity index (χ3n) is 4.58. The van der Waals surface area contributed by atoms with Gasteiger partial charge in [-0.1, -0.05) is 23.7 Å². The van der Waals surface area contributed by atoms with E-state index in [2.05, 4.69) is 15.3 Å². The number of thiophene rings is 1. The molecular formula is C22H18ClN3O3S. The topological polar surface area (TPSA) is 84.3 Å². The van der Waals surface area contributed by atoms with Crippen molar-refractivity contribution in [3.63, 3.8) is 0 Å². The zero-order valence-corrected chi connectivity index (χ0v) is 17.8. The molecule has 2 aromatic carbocycles. The van der Waals surface area contributed by atoms with Crippen LogP contribution in [-0.2, 0) is 0 Å². The third-order valence-corrected chi connectivity index (χ3v) is 5.92. The Morgan fingerprint density at radius 3 is 2.67 bits per heavy atom. The first-order chi connectivity index (χ1) is 14.5. The zero-order valence-electron chi connectivity index (χ0n) is 16.3. The van der Waals surface area contributed by atoms with Gasteiger partial charge in [0.1, 0.15) is 22.7 Å². The molecule has 0 aliphatic heterocycles. The minimum absolute atomic E-state index is 0.0280. The van der Waals surface area contributed by atoms with Gasteiger partial charge in [0.05, 0.1) is 22.6 Å². The SMILES string of the molecule is CCOc1ccc(-c2c(C)sc3ncnc(Nc4ccc(Cl)c(C(=O)O)c4)c23)cc1. The summed E-state index contributed by atoms with van der Waals surface area (Å²) in [7, 11) is 0. The smallest absolute Gasteiger partial charge is 0.337 e. The van der Waals surface area contributed by atoms with E-state index in [4.69, 9.17) is 16.3 Å². The summed E-state index contributed by atoms with van der Waals surface area (Å²) >= 11 is 7.58. The van der Waals surface area contributed by atoms with Crippen molar-refractivity contribution in [1.82, 2.24) is 9.97 Å². The Bertz CT molecular complexity index is 1240. The lowest BCUT2D eigenvalue weighted by molar-refractivity contribution is 0.0697. The quantitative estimate of drug-likeness (QED) is 0.374. The van der Waals surface area contributed by atoms with Gasteiger partial charge in [-0.15, -0.1) is 11.3 Å². The summed E-state index contributed by atoms with van der Waals surface area (Å²) in [5.74, 6) is 0.334. The molecule has 6 nitrogen and oxygen atoms in total. The van der Waals surface area contributed by atoms with E-state index in [0.717, 1.165) is 32.0 Å². The van der Waals surface area contributed by atoms with Crippen LogP contribution in [0.25, 0.3) is 21.3 Å². The van der Waals surface area contributed by atoms with E-state index < -0.39 is 5.97 Å². The number of nitrogens with zero attached hydrogens (tertiary/aromatic N) is 2. The number of anilines is 2. The van der Waals surface area contributed by atoms with E-state index in [1.54, 1.807) is 23.5 Å². The van der Waals surface area contributed by atoms with Crippen molar-refractivity contribution in [2.24, 2.45) is 0 Å². The first-order valence-electron chi connectivity index (χ1n) is 9.25. The van der Waals surface area contributed by atoms with Gasteiger partial charge in [-0.05, 0) is 49.7 Å². The minimum atomic E-state index is -1.09. The first-order valence-corrected chi connectivity index (χ1v) is 10.4. The molecule has 0 saturated carbocycles. The lowest BCUT2D eigenvalue weighted by Crippen LogP contribution is -2.01. The molecule has 0 bridgehead atoms. The van der Waals surface area contributed by atoms with Crippen LogP contribution in [0.1, 0.15) is 22.2 Å². The van der Waals surface area contributed by atoms with Gasteiger partial charge in [0.25, 0.3) is 0 Å². The van der Waals surface area contributed by atoms with Gasteiger partial charge in [-0.2, -0.15) is 0 Å². The van der Waals surface area contributed by atoms with Crippen molar-refractivity contribution in [2.75, 3.05) is 11.9 Å². The van der Waals surface area contributed by atoms with E-state index in [-0.39, 0.29) is 10.6 Å². The molecular weight excluding hydrogens is 422 g/mol. The third kappa shape index (κ3) is 3.81. The molecule has 4 aromatic rings. The Balaban J connectivity index is 1.80. The Labute approximate surface area is 182 Å². The van der Waals surface area contributed by atoms with E-state index in [0.29, 0.717) is 18.1 Å². The number of aryl methyl sites for hydroxylation is 1. The number of aromatic carboxylic acids is 1. The summed E-state index contributed by atoms with van der Waals surface area (Å²) < 4.78 is 5.55. The molecule has 0 saturated heterocycles. The summed E-state index contributed by atoms with van der Waals surface area (Å²) in [5, 5.41) is 13.6. The molecule has 0 unspecified atom stereocenters. The summed E-state index contributed by atoms with van der Waals surface area (Å²) in [5.41, 5.74) is 2.68. The maximum atomic E-state index is 11.4. The summed E-state index contributed by atoms with van der Waals surface area (Å²) in [6, 6.07) is 12.7. The molecule has 4 rings (SSSR count). The van der Waals surface area contributed by atoms with Crippen molar-refractivity contribution in [3.05, 3.63) is 64.3 Å². The number of carboxylic acid groups (broad SMARTS) is 1. The second-order valence-corrected chi connectivity index (χ2v) is 8.13. The second-order valence-electron chi connectivity index (χ2n) is 6.52. The average Bonchev–Trinajstić information content (AvgIpc) is 3.07. The van der Waals surface area contributed by atoms with Gasteiger partial charge in [0.2, 0.25) is 0 Å². The van der Waals surface area contributed by atoms with E-state index in [1.807, 2.05) is 38.1 Å². The van der Waals surface area contributed by atoms with E-state index in [1.165, 1.54) is 12.4 Å². The standard InChI is InChI=1S/C22H18ClN3O3S/c1-3-29-15-7-4-13(5-8-15)18-12(2)30-21-19(18)20(24-11-25-21)26-14-6-9-17(23)16(10-14)22(27)28/h4-11H,3H2,1-2H3,(H,27,28)(H,24,25,26). The number of nitrogens with one attached hydrogen (secondary N) is 1. The molecule has 2 N–H and O–H groups in total. The lowest BCUT2D eigenvalue weighted by Gasteiger charge is -2.11. The Morgan fingerprint density at radius 2 is 1.97 bits per heavy atom. The van der Waals surface area contributed by atoms with Gasteiger partial charge in [-0.3, -0.25) is 0 Å². The van der Waals surface area contributed by atoms with Gasteiger partial charge in [-0.25, -0.2) is 14.8 Å². The summed E-state index contributed by atoms with van der Waals surface area (Å²) in [4.78, 5) is 22.2. The van der Waals surface area contributed by atoms with Gasteiger partial charge in [0, 0.05) is 16.1 Å². The Kier molecular flexibility index (Phi) is 5.57. The van der Waals surface area contributed by atoms with Crippen LogP contribution in [0.2, 0.25) is 5.02 Å². The number of halogens is 1. The number of hydrogen-bond acceptors (Lipinski definition) is 6. The number of aromatic nitrogens is 2. The highest BCUT2D eigenvalue weighted by molar-refractivity contribution is 7.19. The van der Waals surface area contributed by atoms with E-state index >= 15 is 0 Å². The predicted octanol–water partition coefficient (Wildman–Crippen LogP) is 6.16. The maximum Gasteiger partial charge on any atom is 0.337 e. The highest BCUT2D eigenvalue weighted by atomic mass is 35.5. The fourth-order valence-corrected chi connectivity index (χ4v) is 4.49. The van der Waals surface area contributed by atoms with Crippen LogP contribution in [0.3, 0.4) is 0 Å². The molecule has 152 valence electrons. The average molecular weight is 440 g/mol. The van der Waals surface area contributed by atoms with Crippen molar-refractivity contribution in [1.29, 1.82) is 0 Å². The predicted molar refractivity (Wildman–Crippen MR) is 120 cm³/mol. The molecule has 2 aromatic heterocycles. The summed E-state index contributed by atoms with van der Waals surface area (Å²) in [6.45, 7) is 4.61. The highest BCUT2D eigenvalue weighted by Gasteiger charge is 2.18. The number of ether oxygens (including phenoxy) is 1. The molecule has 0 fully saturated rings. The van der Waals surface area contributed by atoms with Crippen molar-refractivity contribution in [2.45, 2.75) is 13.8 Å². The lowest BCUT2D eigenvalue weighted by atomic mass is 10.0. The monoisotopic (exact) mass is 439 g/mol. The second kappa shape index (κ2) is 8.30. The molecule has 30 heavy (non-hydrogen) atoms. The number of carboxylic acids is 1. The fourth-order valence-electron chi connectivity index (χ4n) is 3.27. The number of hydrogen-bond donors (Lipinski definition) is 2. The maximum absolute atomic E-state index is 11.4. The van der Waals surface area contributed by atoms with E-state index in [9.17, 15) is 9.90 Å². The van der Waals surface area contributed by atoms with Gasteiger partial charge < -0.3 is 15.2 Å². The van der Waals surface area contributed by atoms with Crippen LogP contribution < -0.4 is 10.1 Å². The molecule has 0 spiro atoms. The minimum Gasteiger partial charge on any atom is -0.494 e. The number of rotatable bonds is 6. The van der Waals surface area contributed by atoms with Crippen LogP contribution in [0.4, 0.5) is 11.5 Å². The molecule has 0 atom stereocenters. The largest absolute Gasteiger partial charge is 0.494 e. The van der Waals surface area contributed by atoms with Gasteiger partial charge >= 0.3 is 5.97 Å². The normalized spacial score (nSPS) is 10.9. The zero-order chi connectivity index (χ0) is 21.3. The number of carbonyl (C=O) groups is 1. The molecule has 0 amide bonds. The Hall–Kier alpha value is -3.16. The van der Waals surface area contributed by atoms with Crippen LogP contribution >= 0.6 is 22.9 Å². The summed E-state index contributed by atoms with van der Waals surface area (Å²) in [6.07, 6.45) is 1.50. The van der Waals surface area contributed by atoms with Crippen LogP contribution in [0, 0.1) is 6.92 Å². The molecule has 8 heteroatoms.